The SMILES string of the molecule is CCn1cc(C(=O)N2CCC(c3ncncc3-c3ccncc3)CC2)c(C)n1. The number of hydrogen-bond acceptors (Lipinski definition) is 5. The van der Waals surface area contributed by atoms with E-state index in [4.69, 9.17) is 0 Å². The Kier molecular flexibility index (Phi) is 5.14. The molecule has 0 saturated carbocycles. The first-order valence-corrected chi connectivity index (χ1v) is 9.71. The van der Waals surface area contributed by atoms with Crippen molar-refractivity contribution in [1.82, 2.24) is 29.6 Å². The maximum atomic E-state index is 12.9. The number of rotatable bonds is 4. The first kappa shape index (κ1) is 18.3. The second kappa shape index (κ2) is 7.88. The Bertz CT molecular complexity index is 960. The van der Waals surface area contributed by atoms with Crippen molar-refractivity contribution in [2.24, 2.45) is 0 Å². The van der Waals surface area contributed by atoms with Crippen LogP contribution in [0.25, 0.3) is 11.1 Å². The molecule has 144 valence electrons. The standard InChI is InChI=1S/C21H24N6O/c1-3-27-13-19(15(2)25-27)21(28)26-10-6-17(7-11-26)20-18(12-23-14-24-20)16-4-8-22-9-5-16/h4-5,8-9,12-14,17H,3,6-7,10-11H2,1-2H3. The van der Waals surface area contributed by atoms with E-state index < -0.39 is 0 Å². The van der Waals surface area contributed by atoms with Crippen molar-refractivity contribution in [2.45, 2.75) is 39.2 Å². The molecule has 3 aromatic rings. The summed E-state index contributed by atoms with van der Waals surface area (Å²) < 4.78 is 1.82. The van der Waals surface area contributed by atoms with Crippen molar-refractivity contribution in [2.75, 3.05) is 13.1 Å². The van der Waals surface area contributed by atoms with Crippen molar-refractivity contribution in [1.29, 1.82) is 0 Å². The van der Waals surface area contributed by atoms with Crippen LogP contribution in [-0.4, -0.2) is 48.6 Å². The van der Waals surface area contributed by atoms with E-state index in [-0.39, 0.29) is 5.91 Å². The summed E-state index contributed by atoms with van der Waals surface area (Å²) in [7, 11) is 0. The van der Waals surface area contributed by atoms with Crippen molar-refractivity contribution < 1.29 is 4.79 Å². The van der Waals surface area contributed by atoms with Crippen LogP contribution in [0.2, 0.25) is 0 Å². The van der Waals surface area contributed by atoms with Crippen molar-refractivity contribution in [3.05, 3.63) is 60.2 Å². The molecule has 1 amide bonds. The van der Waals surface area contributed by atoms with Gasteiger partial charge >= 0.3 is 0 Å². The Balaban J connectivity index is 1.49. The van der Waals surface area contributed by atoms with E-state index >= 15 is 0 Å². The average molecular weight is 376 g/mol. The maximum Gasteiger partial charge on any atom is 0.257 e. The molecule has 3 aromatic heterocycles. The lowest BCUT2D eigenvalue weighted by molar-refractivity contribution is 0.0711. The summed E-state index contributed by atoms with van der Waals surface area (Å²) in [6, 6.07) is 3.96. The second-order valence-corrected chi connectivity index (χ2v) is 7.11. The highest BCUT2D eigenvalue weighted by Gasteiger charge is 2.28. The molecule has 7 nitrogen and oxygen atoms in total. The summed E-state index contributed by atoms with van der Waals surface area (Å²) in [5.74, 6) is 0.391. The summed E-state index contributed by atoms with van der Waals surface area (Å²) in [6.07, 6.45) is 10.7. The van der Waals surface area contributed by atoms with Gasteiger partial charge in [-0.3, -0.25) is 14.5 Å². The van der Waals surface area contributed by atoms with Crippen LogP contribution in [0.3, 0.4) is 0 Å². The highest BCUT2D eigenvalue weighted by Crippen LogP contribution is 2.33. The van der Waals surface area contributed by atoms with E-state index in [2.05, 4.69) is 20.1 Å². The molecule has 7 heteroatoms. The molecule has 0 radical (unpaired) electrons. The number of nitrogens with zero attached hydrogens (tertiary/aromatic N) is 6. The van der Waals surface area contributed by atoms with Gasteiger partial charge in [-0.25, -0.2) is 9.97 Å². The molecule has 4 rings (SSSR count). The van der Waals surface area contributed by atoms with Crippen LogP contribution in [0, 0.1) is 6.92 Å². The first-order chi connectivity index (χ1) is 13.7. The number of piperidine rings is 1. The van der Waals surface area contributed by atoms with Gasteiger partial charge in [0.1, 0.15) is 6.33 Å². The summed E-state index contributed by atoms with van der Waals surface area (Å²) in [4.78, 5) is 27.8. The minimum absolute atomic E-state index is 0.0766. The van der Waals surface area contributed by atoms with Crippen LogP contribution in [-0.2, 0) is 6.54 Å². The number of carbonyl (C=O) groups is 1. The number of aromatic nitrogens is 5. The van der Waals surface area contributed by atoms with Gasteiger partial charge in [0.05, 0.1) is 17.0 Å². The third-order valence-electron chi connectivity index (χ3n) is 5.40. The Hall–Kier alpha value is -3.09. The molecule has 4 heterocycles. The van der Waals surface area contributed by atoms with Crippen molar-refractivity contribution >= 4 is 5.91 Å². The molecular weight excluding hydrogens is 352 g/mol. The fourth-order valence-electron chi connectivity index (χ4n) is 3.83. The fourth-order valence-corrected chi connectivity index (χ4v) is 3.83. The quantitative estimate of drug-likeness (QED) is 0.699. The monoisotopic (exact) mass is 376 g/mol. The molecule has 28 heavy (non-hydrogen) atoms. The van der Waals surface area contributed by atoms with E-state index in [1.165, 1.54) is 0 Å². The number of hydrogen-bond donors (Lipinski definition) is 0. The molecule has 1 aliphatic rings. The zero-order valence-corrected chi connectivity index (χ0v) is 16.2. The van der Waals surface area contributed by atoms with Crippen LogP contribution in [0.15, 0.2) is 43.2 Å². The molecule has 1 saturated heterocycles. The summed E-state index contributed by atoms with van der Waals surface area (Å²) in [5.41, 5.74) is 4.69. The van der Waals surface area contributed by atoms with E-state index in [0.29, 0.717) is 11.5 Å². The van der Waals surface area contributed by atoms with Gasteiger partial charge in [0.2, 0.25) is 0 Å². The number of likely N-dealkylation sites (tertiary alicyclic amines) is 1. The first-order valence-electron chi connectivity index (χ1n) is 9.71. The average Bonchev–Trinajstić information content (AvgIpc) is 3.15. The van der Waals surface area contributed by atoms with Crippen LogP contribution in [0.4, 0.5) is 0 Å². The smallest absolute Gasteiger partial charge is 0.257 e. The highest BCUT2D eigenvalue weighted by atomic mass is 16.2. The van der Waals surface area contributed by atoms with Gasteiger partial charge in [-0.05, 0) is 44.4 Å². The molecule has 0 unspecified atom stereocenters. The Morgan fingerprint density at radius 2 is 1.93 bits per heavy atom. The van der Waals surface area contributed by atoms with Gasteiger partial charge in [-0.2, -0.15) is 5.10 Å². The van der Waals surface area contributed by atoms with E-state index in [0.717, 1.165) is 55.0 Å². The van der Waals surface area contributed by atoms with Gasteiger partial charge < -0.3 is 4.90 Å². The molecule has 0 aliphatic carbocycles. The van der Waals surface area contributed by atoms with Crippen LogP contribution >= 0.6 is 0 Å². The van der Waals surface area contributed by atoms with E-state index in [1.54, 1.807) is 18.7 Å². The summed E-state index contributed by atoms with van der Waals surface area (Å²) in [5, 5.41) is 4.40. The zero-order valence-electron chi connectivity index (χ0n) is 16.2. The Morgan fingerprint density at radius 3 is 2.61 bits per heavy atom. The topological polar surface area (TPSA) is 76.8 Å². The molecule has 0 aromatic carbocycles. The molecule has 1 aliphatic heterocycles. The zero-order chi connectivity index (χ0) is 19.5. The lowest BCUT2D eigenvalue weighted by Crippen LogP contribution is -2.38. The summed E-state index contributed by atoms with van der Waals surface area (Å²) in [6.45, 7) is 6.13. The fraction of sp³-hybridized carbons (Fsp3) is 0.381. The number of pyridine rings is 1. The van der Waals surface area contributed by atoms with Crippen molar-refractivity contribution in [3.63, 3.8) is 0 Å². The van der Waals surface area contributed by atoms with Crippen molar-refractivity contribution in [3.8, 4) is 11.1 Å². The molecule has 0 atom stereocenters. The number of carbonyl (C=O) groups excluding carboxylic acids is 1. The largest absolute Gasteiger partial charge is 0.338 e. The van der Waals surface area contributed by atoms with Gasteiger partial charge in [0.25, 0.3) is 5.91 Å². The minimum atomic E-state index is 0.0766. The molecule has 1 fully saturated rings. The molecule has 0 bridgehead atoms. The maximum absolute atomic E-state index is 12.9. The second-order valence-electron chi connectivity index (χ2n) is 7.11. The Morgan fingerprint density at radius 1 is 1.18 bits per heavy atom. The van der Waals surface area contributed by atoms with Crippen LogP contribution in [0.5, 0.6) is 0 Å². The van der Waals surface area contributed by atoms with Crippen LogP contribution < -0.4 is 0 Å². The van der Waals surface area contributed by atoms with Crippen LogP contribution in [0.1, 0.15) is 47.4 Å². The van der Waals surface area contributed by atoms with Gasteiger partial charge in [0, 0.05) is 55.9 Å². The molecular formula is C21H24N6O. The van der Waals surface area contributed by atoms with Gasteiger partial charge in [-0.1, -0.05) is 0 Å². The number of aryl methyl sites for hydroxylation is 2. The lowest BCUT2D eigenvalue weighted by atomic mass is 9.89. The Labute approximate surface area is 164 Å². The predicted molar refractivity (Wildman–Crippen MR) is 106 cm³/mol. The predicted octanol–water partition coefficient (Wildman–Crippen LogP) is 3.08. The molecule has 0 spiro atoms. The van der Waals surface area contributed by atoms with E-state index in [1.807, 2.05) is 48.0 Å². The molecule has 0 N–H and O–H groups in total. The third-order valence-corrected chi connectivity index (χ3v) is 5.40. The number of amides is 1. The highest BCUT2D eigenvalue weighted by molar-refractivity contribution is 5.95. The normalized spacial score (nSPS) is 15.0. The summed E-state index contributed by atoms with van der Waals surface area (Å²) >= 11 is 0. The van der Waals surface area contributed by atoms with Gasteiger partial charge in [-0.15, -0.1) is 0 Å². The minimum Gasteiger partial charge on any atom is -0.338 e. The third kappa shape index (κ3) is 3.52. The van der Waals surface area contributed by atoms with Gasteiger partial charge in [0.15, 0.2) is 0 Å². The van der Waals surface area contributed by atoms with E-state index in [9.17, 15) is 4.79 Å². The lowest BCUT2D eigenvalue weighted by Gasteiger charge is -2.32.